The van der Waals surface area contributed by atoms with Crippen molar-refractivity contribution >= 4 is 11.9 Å². The van der Waals surface area contributed by atoms with Crippen LogP contribution in [-0.2, 0) is 47.5 Å². The monoisotopic (exact) mass is 1090 g/mol. The maximum absolute atomic E-state index is 14.0. The Morgan fingerprint density at radius 3 is 1.13 bits per heavy atom. The van der Waals surface area contributed by atoms with Crippen LogP contribution < -0.4 is 0 Å². The minimum Gasteiger partial charge on any atom is -0.457 e. The Kier molecular flexibility index (Phi) is 20.5. The number of hydrogen-bond donors (Lipinski definition) is 0. The lowest BCUT2D eigenvalue weighted by Crippen LogP contribution is -2.54. The molecule has 0 bridgehead atoms. The lowest BCUT2D eigenvalue weighted by atomic mass is 10.2. The van der Waals surface area contributed by atoms with E-state index in [2.05, 4.69) is 37.9 Å². The highest BCUT2D eigenvalue weighted by Gasteiger charge is 2.68. The van der Waals surface area contributed by atoms with E-state index in [0.29, 0.717) is 0 Å². The van der Waals surface area contributed by atoms with E-state index < -0.39 is 168 Å². The first-order chi connectivity index (χ1) is 29.5. The lowest BCUT2D eigenvalue weighted by molar-refractivity contribution is -0.402. The van der Waals surface area contributed by atoms with Crippen molar-refractivity contribution < 1.29 is 179 Å². The summed E-state index contributed by atoms with van der Waals surface area (Å²) in [4.78, 5) is 22.8. The minimum atomic E-state index is -6.80. The SMILES string of the molecule is CC(F)(F)COC(F)(C(=O)OC(F)(F)CC(F)(F)COCC(F)(F)OC(F)(F)CC(F)(F)COCC(F)(F)OC(F)(F)CC(F)(F)COC(=O)C(OC(F)(F)CC(F)(F)F)C(F)(F)F)C(F)(F)F. The standard InChI is InChI=1S/C28H24F30O10/c1-15(29,30)6-64-26(52,28(56,57)58)14(60)66-20(40,41)2-16(31,32)7-61-10-24(48,49)67-22(44,45)3-17(33,34)8-62-11-25(50,51)68-23(46,47)4-18(35,36)9-63-13(59)12(27(53,54)55)65-21(42,43)5-19(37,38)39/h12H,2-11H2,1H3. The van der Waals surface area contributed by atoms with Crippen LogP contribution >= 0.6 is 0 Å². The van der Waals surface area contributed by atoms with Crippen molar-refractivity contribution in [1.82, 2.24) is 0 Å². The van der Waals surface area contributed by atoms with Gasteiger partial charge in [0.05, 0.1) is 0 Å². The third-order valence-electron chi connectivity index (χ3n) is 6.18. The number of halogens is 30. The van der Waals surface area contributed by atoms with Gasteiger partial charge in [-0.3, -0.25) is 14.2 Å². The van der Waals surface area contributed by atoms with Gasteiger partial charge in [-0.15, -0.1) is 0 Å². The van der Waals surface area contributed by atoms with Crippen molar-refractivity contribution in [2.45, 2.75) is 123 Å². The molecule has 0 aliphatic carbocycles. The molecule has 0 aliphatic heterocycles. The average molecular weight is 1090 g/mol. The van der Waals surface area contributed by atoms with E-state index in [1.54, 1.807) is 0 Å². The van der Waals surface area contributed by atoms with Crippen LogP contribution in [0.4, 0.5) is 132 Å². The van der Waals surface area contributed by atoms with E-state index in [4.69, 9.17) is 0 Å². The van der Waals surface area contributed by atoms with E-state index >= 15 is 0 Å². The first-order valence-corrected chi connectivity index (χ1v) is 16.4. The molecule has 0 rings (SSSR count). The maximum Gasteiger partial charge on any atom is 0.460 e. The molecule has 0 N–H and O–H groups in total. The Bertz CT molecular complexity index is 1620. The molecule has 0 heterocycles. The quantitative estimate of drug-likeness (QED) is 0.0531. The molecule has 0 spiro atoms. The second kappa shape index (κ2) is 21.5. The van der Waals surface area contributed by atoms with Crippen molar-refractivity contribution in [3.05, 3.63) is 0 Å². The molecule has 40 heteroatoms. The number of carbonyl (C=O) groups is 2. The molecule has 0 aromatic heterocycles. The van der Waals surface area contributed by atoms with Crippen LogP contribution in [0.15, 0.2) is 0 Å². The molecular formula is C28H24F30O10. The summed E-state index contributed by atoms with van der Waals surface area (Å²) in [6.07, 6.45) is -73.5. The highest BCUT2D eigenvalue weighted by Crippen LogP contribution is 2.43. The van der Waals surface area contributed by atoms with Crippen LogP contribution in [0.5, 0.6) is 0 Å². The third kappa shape index (κ3) is 25.5. The fourth-order valence-corrected chi connectivity index (χ4v) is 3.93. The van der Waals surface area contributed by atoms with E-state index in [1.165, 1.54) is 0 Å². The van der Waals surface area contributed by atoms with Gasteiger partial charge in [0.2, 0.25) is 0 Å². The van der Waals surface area contributed by atoms with Gasteiger partial charge in [-0.2, -0.15) is 96.6 Å². The zero-order chi connectivity index (χ0) is 54.5. The number of alkyl halides is 30. The average Bonchev–Trinajstić information content (AvgIpc) is 2.98. The Morgan fingerprint density at radius 1 is 0.426 bits per heavy atom. The van der Waals surface area contributed by atoms with Gasteiger partial charge in [0.25, 0.3) is 29.8 Å². The molecule has 2 atom stereocenters. The Hall–Kier alpha value is -3.40. The molecular weight excluding hydrogens is 1070 g/mol. The molecule has 406 valence electrons. The normalized spacial score (nSPS) is 16.4. The summed E-state index contributed by atoms with van der Waals surface area (Å²) in [6, 6.07) is 0. The molecule has 68 heavy (non-hydrogen) atoms. The molecule has 0 saturated carbocycles. The second-order valence-electron chi connectivity index (χ2n) is 13.4. The summed E-state index contributed by atoms with van der Waals surface area (Å²) in [6.45, 7) is -17.8. The molecule has 0 saturated heterocycles. The number of esters is 2. The van der Waals surface area contributed by atoms with Gasteiger partial charge in [-0.25, -0.2) is 44.7 Å². The molecule has 10 nitrogen and oxygen atoms in total. The fraction of sp³-hybridized carbons (Fsp3) is 0.929. The summed E-state index contributed by atoms with van der Waals surface area (Å²) in [7, 11) is 0. The summed E-state index contributed by atoms with van der Waals surface area (Å²) in [5.74, 6) is -34.4. The van der Waals surface area contributed by atoms with E-state index in [9.17, 15) is 141 Å². The van der Waals surface area contributed by atoms with Crippen molar-refractivity contribution in [3.8, 4) is 0 Å². The van der Waals surface area contributed by atoms with Crippen LogP contribution in [0, 0.1) is 0 Å². The van der Waals surface area contributed by atoms with Crippen molar-refractivity contribution in [1.29, 1.82) is 0 Å². The Morgan fingerprint density at radius 2 is 0.794 bits per heavy atom. The van der Waals surface area contributed by atoms with Crippen LogP contribution in [0.3, 0.4) is 0 Å². The molecule has 2 unspecified atom stereocenters. The molecule has 0 amide bonds. The molecule has 0 fully saturated rings. The maximum atomic E-state index is 14.0. The van der Waals surface area contributed by atoms with Crippen molar-refractivity contribution in [2.24, 2.45) is 0 Å². The van der Waals surface area contributed by atoms with Crippen LogP contribution in [0.2, 0.25) is 0 Å². The predicted octanol–water partition coefficient (Wildman–Crippen LogP) is 10.6. The number of ether oxygens (including phenoxy) is 8. The van der Waals surface area contributed by atoms with E-state index in [0.717, 1.165) is 0 Å². The lowest BCUT2D eigenvalue weighted by Gasteiger charge is -2.30. The second-order valence-corrected chi connectivity index (χ2v) is 13.4. The van der Waals surface area contributed by atoms with Gasteiger partial charge in [0.1, 0.15) is 58.7 Å². The summed E-state index contributed by atoms with van der Waals surface area (Å²) in [5.41, 5.74) is 0. The zero-order valence-corrected chi connectivity index (χ0v) is 32.1. The molecule has 0 aliphatic rings. The minimum absolute atomic E-state index is 0.245. The predicted molar refractivity (Wildman–Crippen MR) is 147 cm³/mol. The first kappa shape index (κ1) is 64.6. The van der Waals surface area contributed by atoms with Crippen molar-refractivity contribution in [3.63, 3.8) is 0 Å². The van der Waals surface area contributed by atoms with Gasteiger partial charge < -0.3 is 23.7 Å². The third-order valence-corrected chi connectivity index (χ3v) is 6.18. The topological polar surface area (TPSA) is 108 Å². The number of rotatable bonds is 29. The summed E-state index contributed by atoms with van der Waals surface area (Å²) < 4.78 is 424. The highest BCUT2D eigenvalue weighted by atomic mass is 19.4. The zero-order valence-electron chi connectivity index (χ0n) is 32.1. The smallest absolute Gasteiger partial charge is 0.457 e. The van der Waals surface area contributed by atoms with Gasteiger partial charge in [0, 0.05) is 6.92 Å². The summed E-state index contributed by atoms with van der Waals surface area (Å²) >= 11 is 0. The van der Waals surface area contributed by atoms with Crippen molar-refractivity contribution in [2.75, 3.05) is 39.6 Å². The largest absolute Gasteiger partial charge is 0.460 e. The van der Waals surface area contributed by atoms with Gasteiger partial charge in [-0.05, 0) is 0 Å². The first-order valence-electron chi connectivity index (χ1n) is 16.4. The number of carbonyl (C=O) groups excluding carboxylic acids is 2. The van der Waals surface area contributed by atoms with Gasteiger partial charge >= 0.3 is 73.0 Å². The summed E-state index contributed by atoms with van der Waals surface area (Å²) in [5, 5.41) is 0. The van der Waals surface area contributed by atoms with Crippen LogP contribution in [0.1, 0.15) is 32.6 Å². The molecule has 0 radical (unpaired) electrons. The number of hydrogen-bond acceptors (Lipinski definition) is 10. The highest BCUT2D eigenvalue weighted by molar-refractivity contribution is 5.79. The molecule has 0 aromatic carbocycles. The van der Waals surface area contributed by atoms with Gasteiger partial charge in [0.15, 0.2) is 6.61 Å². The Labute approximate surface area is 355 Å². The van der Waals surface area contributed by atoms with Crippen LogP contribution in [-0.4, -0.2) is 142 Å². The van der Waals surface area contributed by atoms with Crippen LogP contribution in [0.25, 0.3) is 0 Å². The van der Waals surface area contributed by atoms with Gasteiger partial charge in [-0.1, -0.05) is 0 Å². The molecule has 0 aromatic rings. The van der Waals surface area contributed by atoms with E-state index in [1.807, 2.05) is 0 Å². The van der Waals surface area contributed by atoms with E-state index in [-0.39, 0.29) is 6.92 Å². The fourth-order valence-electron chi connectivity index (χ4n) is 3.93. The Balaban J connectivity index is 5.38.